The van der Waals surface area contributed by atoms with Crippen molar-refractivity contribution in [3.05, 3.63) is 22.7 Å². The first-order chi connectivity index (χ1) is 9.00. The van der Waals surface area contributed by atoms with Crippen molar-refractivity contribution in [3.63, 3.8) is 0 Å². The number of hydrogen-bond donors (Lipinski definition) is 3. The molecular weight excluding hydrogens is 262 g/mol. The second-order valence-corrected chi connectivity index (χ2v) is 5.55. The Morgan fingerprint density at radius 3 is 3.00 bits per heavy atom. The number of hydrogen-bond acceptors (Lipinski definition) is 5. The second kappa shape index (κ2) is 5.54. The van der Waals surface area contributed by atoms with Gasteiger partial charge < -0.3 is 16.2 Å². The van der Waals surface area contributed by atoms with E-state index >= 15 is 0 Å². The molecule has 0 fully saturated rings. The zero-order chi connectivity index (χ0) is 14.0. The van der Waals surface area contributed by atoms with Gasteiger partial charge in [-0.15, -0.1) is 11.3 Å². The first-order valence-electron chi connectivity index (χ1n) is 6.10. The van der Waals surface area contributed by atoms with Gasteiger partial charge in [-0.1, -0.05) is 0 Å². The Morgan fingerprint density at radius 2 is 2.37 bits per heavy atom. The summed E-state index contributed by atoms with van der Waals surface area (Å²) in [7, 11) is 0. The van der Waals surface area contributed by atoms with Crippen molar-refractivity contribution < 1.29 is 9.90 Å². The molecule has 0 aliphatic carbocycles. The number of pyridine rings is 1. The van der Waals surface area contributed by atoms with Crippen LogP contribution in [0.2, 0.25) is 0 Å². The molecule has 0 saturated carbocycles. The number of nitrogens with two attached hydrogens (primary N) is 1. The normalized spacial score (nSPS) is 12.6. The molecule has 1 atom stereocenters. The first-order valence-corrected chi connectivity index (χ1v) is 6.92. The topological polar surface area (TPSA) is 88.2 Å². The van der Waals surface area contributed by atoms with Crippen LogP contribution < -0.4 is 11.1 Å². The molecule has 2 heterocycles. The number of carbonyl (C=O) groups is 1. The van der Waals surface area contributed by atoms with E-state index in [-0.39, 0.29) is 5.91 Å². The fourth-order valence-electron chi connectivity index (χ4n) is 1.85. The average Bonchev–Trinajstić information content (AvgIpc) is 2.67. The number of nitrogens with zero attached hydrogens (tertiary/aromatic N) is 1. The van der Waals surface area contributed by atoms with Gasteiger partial charge in [-0.2, -0.15) is 0 Å². The molecule has 0 aliphatic heterocycles. The predicted molar refractivity (Wildman–Crippen MR) is 77.4 cm³/mol. The number of aromatic nitrogens is 1. The van der Waals surface area contributed by atoms with E-state index in [2.05, 4.69) is 10.3 Å². The number of nitrogen functional groups attached to an aromatic ring is 1. The summed E-state index contributed by atoms with van der Waals surface area (Å²) in [5, 5.41) is 12.8. The lowest BCUT2D eigenvalue weighted by Gasteiger charge is -2.06. The van der Waals surface area contributed by atoms with Crippen LogP contribution in [0.5, 0.6) is 0 Å². The predicted octanol–water partition coefficient (Wildman–Crippen LogP) is 1.69. The van der Waals surface area contributed by atoms with Crippen molar-refractivity contribution in [2.24, 2.45) is 0 Å². The van der Waals surface area contributed by atoms with E-state index in [4.69, 9.17) is 10.8 Å². The fraction of sp³-hybridized carbons (Fsp3) is 0.385. The fourth-order valence-corrected chi connectivity index (χ4v) is 2.90. The number of amides is 1. The van der Waals surface area contributed by atoms with Gasteiger partial charge in [0.05, 0.1) is 11.8 Å². The van der Waals surface area contributed by atoms with Gasteiger partial charge in [-0.05, 0) is 31.9 Å². The molecule has 19 heavy (non-hydrogen) atoms. The van der Waals surface area contributed by atoms with E-state index in [0.717, 1.165) is 15.8 Å². The van der Waals surface area contributed by atoms with E-state index in [1.54, 1.807) is 13.1 Å². The summed E-state index contributed by atoms with van der Waals surface area (Å²) < 4.78 is 0. The third-order valence-electron chi connectivity index (χ3n) is 2.89. The lowest BCUT2D eigenvalue weighted by Crippen LogP contribution is -2.26. The third kappa shape index (κ3) is 2.85. The second-order valence-electron chi connectivity index (χ2n) is 4.55. The van der Waals surface area contributed by atoms with Crippen molar-refractivity contribution in [1.29, 1.82) is 0 Å². The summed E-state index contributed by atoms with van der Waals surface area (Å²) in [6, 6.07) is 1.88. The number of anilines is 1. The Morgan fingerprint density at radius 1 is 1.63 bits per heavy atom. The smallest absolute Gasteiger partial charge is 0.263 e. The largest absolute Gasteiger partial charge is 0.397 e. The number of rotatable bonds is 4. The SMILES string of the molecule is Cc1ccnc2sc(C(=O)NCCC(C)O)c(N)c12. The summed E-state index contributed by atoms with van der Waals surface area (Å²) in [4.78, 5) is 17.5. The van der Waals surface area contributed by atoms with E-state index < -0.39 is 6.10 Å². The minimum absolute atomic E-state index is 0.208. The van der Waals surface area contributed by atoms with Crippen LogP contribution in [-0.2, 0) is 0 Å². The molecule has 4 N–H and O–H groups in total. The lowest BCUT2D eigenvalue weighted by atomic mass is 10.2. The molecule has 5 nitrogen and oxygen atoms in total. The maximum absolute atomic E-state index is 12.0. The van der Waals surface area contributed by atoms with Crippen LogP contribution in [0.25, 0.3) is 10.2 Å². The van der Waals surface area contributed by atoms with Gasteiger partial charge in [0.25, 0.3) is 5.91 Å². The van der Waals surface area contributed by atoms with E-state index in [0.29, 0.717) is 23.5 Å². The van der Waals surface area contributed by atoms with Crippen molar-refractivity contribution in [3.8, 4) is 0 Å². The Kier molecular flexibility index (Phi) is 4.01. The molecule has 2 rings (SSSR count). The van der Waals surface area contributed by atoms with Crippen LogP contribution in [0.3, 0.4) is 0 Å². The van der Waals surface area contributed by atoms with Gasteiger partial charge in [-0.25, -0.2) is 4.98 Å². The Labute approximate surface area is 115 Å². The molecule has 0 saturated heterocycles. The van der Waals surface area contributed by atoms with Crippen LogP contribution in [0, 0.1) is 6.92 Å². The zero-order valence-electron chi connectivity index (χ0n) is 10.9. The lowest BCUT2D eigenvalue weighted by molar-refractivity contribution is 0.0950. The standard InChI is InChI=1S/C13H17N3O2S/c1-7-3-5-16-13-9(7)10(14)11(19-13)12(18)15-6-4-8(2)17/h3,5,8,17H,4,6,14H2,1-2H3,(H,15,18). The van der Waals surface area contributed by atoms with Gasteiger partial charge >= 0.3 is 0 Å². The molecular formula is C13H17N3O2S. The average molecular weight is 279 g/mol. The highest BCUT2D eigenvalue weighted by atomic mass is 32.1. The van der Waals surface area contributed by atoms with E-state index in [9.17, 15) is 4.79 Å². The van der Waals surface area contributed by atoms with Crippen molar-refractivity contribution in [1.82, 2.24) is 10.3 Å². The van der Waals surface area contributed by atoms with Crippen LogP contribution in [0.4, 0.5) is 5.69 Å². The van der Waals surface area contributed by atoms with E-state index in [1.165, 1.54) is 11.3 Å². The maximum atomic E-state index is 12.0. The molecule has 0 radical (unpaired) electrons. The molecule has 0 bridgehead atoms. The molecule has 6 heteroatoms. The van der Waals surface area contributed by atoms with Gasteiger partial charge in [0.2, 0.25) is 0 Å². The van der Waals surface area contributed by atoms with Crippen LogP contribution >= 0.6 is 11.3 Å². The molecule has 2 aromatic rings. The highest BCUT2D eigenvalue weighted by Gasteiger charge is 2.17. The van der Waals surface area contributed by atoms with Crippen molar-refractivity contribution >= 4 is 33.1 Å². The minimum Gasteiger partial charge on any atom is -0.397 e. The molecule has 0 spiro atoms. The summed E-state index contributed by atoms with van der Waals surface area (Å²) in [5.74, 6) is -0.208. The molecule has 0 aromatic carbocycles. The number of thiophene rings is 1. The summed E-state index contributed by atoms with van der Waals surface area (Å²) in [6.07, 6.45) is 1.81. The Hall–Kier alpha value is -1.66. The number of aliphatic hydroxyl groups excluding tert-OH is 1. The Bertz CT molecular complexity index is 607. The monoisotopic (exact) mass is 279 g/mol. The van der Waals surface area contributed by atoms with Crippen molar-refractivity contribution in [2.45, 2.75) is 26.4 Å². The highest BCUT2D eigenvalue weighted by Crippen LogP contribution is 2.34. The summed E-state index contributed by atoms with van der Waals surface area (Å²) in [5.41, 5.74) is 7.53. The summed E-state index contributed by atoms with van der Waals surface area (Å²) >= 11 is 1.29. The molecule has 2 aromatic heterocycles. The number of fused-ring (bicyclic) bond motifs is 1. The third-order valence-corrected chi connectivity index (χ3v) is 4.00. The molecule has 0 aliphatic rings. The van der Waals surface area contributed by atoms with Gasteiger partial charge in [-0.3, -0.25) is 4.79 Å². The maximum Gasteiger partial charge on any atom is 0.263 e. The molecule has 102 valence electrons. The van der Waals surface area contributed by atoms with Gasteiger partial charge in [0.15, 0.2) is 0 Å². The van der Waals surface area contributed by atoms with Gasteiger partial charge in [0.1, 0.15) is 9.71 Å². The van der Waals surface area contributed by atoms with Crippen molar-refractivity contribution in [2.75, 3.05) is 12.3 Å². The number of aryl methyl sites for hydroxylation is 1. The zero-order valence-corrected chi connectivity index (χ0v) is 11.8. The number of aliphatic hydroxyl groups is 1. The quantitative estimate of drug-likeness (QED) is 0.794. The van der Waals surface area contributed by atoms with E-state index in [1.807, 2.05) is 13.0 Å². The minimum atomic E-state index is -0.427. The Balaban J connectivity index is 2.23. The van der Waals surface area contributed by atoms with Crippen LogP contribution in [0.15, 0.2) is 12.3 Å². The highest BCUT2D eigenvalue weighted by molar-refractivity contribution is 7.21. The number of carbonyl (C=O) groups excluding carboxylic acids is 1. The number of nitrogens with one attached hydrogen (secondary N) is 1. The summed E-state index contributed by atoms with van der Waals surface area (Å²) in [6.45, 7) is 4.06. The molecule has 1 unspecified atom stereocenters. The first kappa shape index (κ1) is 13.8. The van der Waals surface area contributed by atoms with Crippen LogP contribution in [-0.4, -0.2) is 28.6 Å². The molecule has 1 amide bonds. The van der Waals surface area contributed by atoms with Gasteiger partial charge in [0, 0.05) is 18.1 Å². The van der Waals surface area contributed by atoms with Crippen LogP contribution in [0.1, 0.15) is 28.6 Å².